The predicted molar refractivity (Wildman–Crippen MR) is 140 cm³/mol. The van der Waals surface area contributed by atoms with Gasteiger partial charge in [-0.15, -0.1) is 0 Å². The smallest absolute Gasteiger partial charge is 0.152 e. The number of aliphatic imine (C=N–C) groups is 1. The maximum Gasteiger partial charge on any atom is 0.152 e. The van der Waals surface area contributed by atoms with Crippen LogP contribution in [0.1, 0.15) is 63.0 Å². The number of nitrogens with one attached hydrogen (secondary N) is 1. The molecule has 2 heterocycles. The first-order valence-corrected chi connectivity index (χ1v) is 12.6. The van der Waals surface area contributed by atoms with Crippen LogP contribution in [-0.2, 0) is 17.9 Å². The van der Waals surface area contributed by atoms with Crippen molar-refractivity contribution >= 4 is 17.7 Å². The second-order valence-corrected chi connectivity index (χ2v) is 8.77. The Bertz CT molecular complexity index is 1060. The van der Waals surface area contributed by atoms with Crippen molar-refractivity contribution < 1.29 is 9.47 Å². The van der Waals surface area contributed by atoms with Crippen molar-refractivity contribution in [2.24, 2.45) is 16.5 Å². The Morgan fingerprint density at radius 2 is 2.03 bits per heavy atom. The minimum atomic E-state index is 0.572. The number of nitrogens with zero attached hydrogens (tertiary/aromatic N) is 2. The van der Waals surface area contributed by atoms with E-state index in [9.17, 15) is 0 Å². The third-order valence-corrected chi connectivity index (χ3v) is 6.02. The monoisotopic (exact) mass is 467 g/mol. The molecule has 1 aromatic carbocycles. The van der Waals surface area contributed by atoms with Crippen LogP contribution in [0.4, 0.5) is 0 Å². The fourth-order valence-electron chi connectivity index (χ4n) is 4.12. The summed E-state index contributed by atoms with van der Waals surface area (Å²) in [5.41, 5.74) is 14.0. The highest BCUT2D eigenvalue weighted by molar-refractivity contribution is 5.84. The van der Waals surface area contributed by atoms with Gasteiger partial charge in [-0.2, -0.15) is 0 Å². The first kappa shape index (κ1) is 25.8. The highest BCUT2D eigenvalue weighted by Gasteiger charge is 2.11. The number of hydrogen-bond donors (Lipinski definition) is 3. The van der Waals surface area contributed by atoms with Gasteiger partial charge in [0, 0.05) is 31.3 Å². The standard InChI is InChI=1S/C27H41N5O2/c1-3-4-6-15-30-27-26-22(9-8-10-25(29)31-27)13-16-32(26)19-23-12-11-21(18-24(23)33-2)20-34-17-7-5-14-28/h9,11-13,16,18,30H,3-8,10,14-15,17,19-20,28H2,1-2H3,(H2,29,31)/b22-9-,27-26+. The lowest BCUT2D eigenvalue weighted by molar-refractivity contribution is 0.117. The average molecular weight is 468 g/mol. The molecule has 5 N–H and O–H groups in total. The average Bonchev–Trinajstić information content (AvgIpc) is 3.22. The lowest BCUT2D eigenvalue weighted by Gasteiger charge is -2.14. The second kappa shape index (κ2) is 13.8. The number of fused-ring (bicyclic) bond motifs is 1. The largest absolute Gasteiger partial charge is 0.496 e. The van der Waals surface area contributed by atoms with E-state index >= 15 is 0 Å². The summed E-state index contributed by atoms with van der Waals surface area (Å²) in [5.74, 6) is 2.38. The van der Waals surface area contributed by atoms with Crippen LogP contribution in [0.5, 0.6) is 5.75 Å². The first-order chi connectivity index (χ1) is 16.7. The zero-order valence-corrected chi connectivity index (χ0v) is 20.8. The highest BCUT2D eigenvalue weighted by atomic mass is 16.5. The zero-order chi connectivity index (χ0) is 24.2. The van der Waals surface area contributed by atoms with Crippen LogP contribution in [0, 0.1) is 0 Å². The topological polar surface area (TPSA) is 99.8 Å². The molecule has 0 atom stereocenters. The molecule has 1 aromatic heterocycles. The van der Waals surface area contributed by atoms with E-state index in [1.165, 1.54) is 18.1 Å². The summed E-state index contributed by atoms with van der Waals surface area (Å²) in [4.78, 5) is 4.76. The second-order valence-electron chi connectivity index (χ2n) is 8.77. The van der Waals surface area contributed by atoms with Gasteiger partial charge in [0.15, 0.2) is 5.82 Å². The van der Waals surface area contributed by atoms with Crippen molar-refractivity contribution in [3.8, 4) is 5.75 Å². The summed E-state index contributed by atoms with van der Waals surface area (Å²) in [6.45, 7) is 5.78. The molecule has 0 aliphatic carbocycles. The summed E-state index contributed by atoms with van der Waals surface area (Å²) < 4.78 is 13.8. The van der Waals surface area contributed by atoms with Crippen LogP contribution in [-0.4, -0.2) is 37.2 Å². The Morgan fingerprint density at radius 3 is 2.82 bits per heavy atom. The van der Waals surface area contributed by atoms with Gasteiger partial charge in [0.1, 0.15) is 11.6 Å². The van der Waals surface area contributed by atoms with Crippen LogP contribution in [0.3, 0.4) is 0 Å². The molecule has 0 spiro atoms. The summed E-state index contributed by atoms with van der Waals surface area (Å²) in [6, 6.07) is 8.48. The number of rotatable bonds is 14. The summed E-state index contributed by atoms with van der Waals surface area (Å²) in [7, 11) is 1.72. The highest BCUT2D eigenvalue weighted by Crippen LogP contribution is 2.21. The molecule has 0 amide bonds. The molecule has 186 valence electrons. The number of nitrogens with two attached hydrogens (primary N) is 2. The van der Waals surface area contributed by atoms with Crippen molar-refractivity contribution in [2.75, 3.05) is 26.8 Å². The van der Waals surface area contributed by atoms with Gasteiger partial charge >= 0.3 is 0 Å². The van der Waals surface area contributed by atoms with E-state index in [1.54, 1.807) is 7.11 Å². The molecule has 0 saturated heterocycles. The molecule has 3 rings (SSSR count). The van der Waals surface area contributed by atoms with Crippen molar-refractivity contribution in [2.45, 2.75) is 65.0 Å². The fourth-order valence-corrected chi connectivity index (χ4v) is 4.12. The van der Waals surface area contributed by atoms with Gasteiger partial charge in [0.05, 0.1) is 25.6 Å². The van der Waals surface area contributed by atoms with E-state index in [4.69, 9.17) is 25.9 Å². The molecule has 7 heteroatoms. The number of aromatic nitrogens is 1. The van der Waals surface area contributed by atoms with Gasteiger partial charge in [-0.1, -0.05) is 38.0 Å². The summed E-state index contributed by atoms with van der Waals surface area (Å²) in [5, 5.41) is 5.82. The quantitative estimate of drug-likeness (QED) is 0.371. The van der Waals surface area contributed by atoms with E-state index in [0.29, 0.717) is 25.5 Å². The van der Waals surface area contributed by atoms with Crippen LogP contribution < -0.4 is 32.1 Å². The molecule has 1 aliphatic heterocycles. The maximum atomic E-state index is 6.20. The molecule has 7 nitrogen and oxygen atoms in total. The fraction of sp³-hybridized carbons (Fsp3) is 0.519. The first-order valence-electron chi connectivity index (χ1n) is 12.6. The molecule has 0 saturated carbocycles. The van der Waals surface area contributed by atoms with Crippen molar-refractivity contribution in [3.05, 3.63) is 52.2 Å². The third kappa shape index (κ3) is 7.37. The molecule has 2 aromatic rings. The van der Waals surface area contributed by atoms with Gasteiger partial charge < -0.3 is 30.8 Å². The van der Waals surface area contributed by atoms with Crippen LogP contribution in [0.2, 0.25) is 0 Å². The molecule has 34 heavy (non-hydrogen) atoms. The number of hydrogen-bond acceptors (Lipinski definition) is 6. The molecule has 0 radical (unpaired) electrons. The normalized spacial score (nSPS) is 17.6. The Labute approximate surface area is 203 Å². The van der Waals surface area contributed by atoms with Gasteiger partial charge in [-0.3, -0.25) is 0 Å². The van der Waals surface area contributed by atoms with E-state index < -0.39 is 0 Å². The van der Waals surface area contributed by atoms with E-state index in [-0.39, 0.29) is 0 Å². The lowest BCUT2D eigenvalue weighted by atomic mass is 10.1. The third-order valence-electron chi connectivity index (χ3n) is 6.02. The number of methoxy groups -OCH3 is 1. The number of ether oxygens (including phenoxy) is 2. The summed E-state index contributed by atoms with van der Waals surface area (Å²) in [6.07, 6.45) is 11.5. The number of unbranched alkanes of at least 4 members (excludes halogenated alkanes) is 3. The Morgan fingerprint density at radius 1 is 1.15 bits per heavy atom. The molecular formula is C27H41N5O2. The molecule has 0 bridgehead atoms. The van der Waals surface area contributed by atoms with E-state index in [2.05, 4.69) is 53.3 Å². The minimum absolute atomic E-state index is 0.572. The maximum absolute atomic E-state index is 6.20. The molecule has 0 fully saturated rings. The van der Waals surface area contributed by atoms with Crippen molar-refractivity contribution in [3.63, 3.8) is 0 Å². The van der Waals surface area contributed by atoms with E-state index in [1.807, 2.05) is 0 Å². The molecular weight excluding hydrogens is 426 g/mol. The number of amidine groups is 1. The Hall–Kier alpha value is -2.77. The molecule has 0 unspecified atom stereocenters. The Kier molecular flexibility index (Phi) is 10.5. The Balaban J connectivity index is 1.85. The summed E-state index contributed by atoms with van der Waals surface area (Å²) >= 11 is 0. The molecule has 1 aliphatic rings. The van der Waals surface area contributed by atoms with Crippen LogP contribution in [0.25, 0.3) is 11.9 Å². The van der Waals surface area contributed by atoms with Crippen molar-refractivity contribution in [1.82, 2.24) is 9.88 Å². The lowest BCUT2D eigenvalue weighted by Crippen LogP contribution is -2.37. The minimum Gasteiger partial charge on any atom is -0.496 e. The zero-order valence-electron chi connectivity index (χ0n) is 20.8. The van der Waals surface area contributed by atoms with Gasteiger partial charge in [0.25, 0.3) is 0 Å². The van der Waals surface area contributed by atoms with Gasteiger partial charge in [-0.25, -0.2) is 4.99 Å². The predicted octanol–water partition coefficient (Wildman–Crippen LogP) is 2.58. The number of benzene rings is 1. The van der Waals surface area contributed by atoms with Gasteiger partial charge in [0.2, 0.25) is 0 Å². The van der Waals surface area contributed by atoms with E-state index in [0.717, 1.165) is 73.3 Å². The SMILES string of the molecule is CCCCCNC1=c2/c(ccn2Cc2ccc(COCCCCN)cc2OC)=C\CC/C(N)=N\1. The van der Waals surface area contributed by atoms with Crippen molar-refractivity contribution in [1.29, 1.82) is 0 Å². The van der Waals surface area contributed by atoms with Gasteiger partial charge in [-0.05, 0) is 55.1 Å². The van der Waals surface area contributed by atoms with Crippen LogP contribution in [0.15, 0.2) is 35.5 Å². The van der Waals surface area contributed by atoms with Crippen LogP contribution >= 0.6 is 0 Å².